The lowest BCUT2D eigenvalue weighted by Crippen LogP contribution is -2.22. The van der Waals surface area contributed by atoms with E-state index in [4.69, 9.17) is 4.42 Å². The minimum absolute atomic E-state index is 0.132. The van der Waals surface area contributed by atoms with Crippen molar-refractivity contribution in [1.82, 2.24) is 5.32 Å². The van der Waals surface area contributed by atoms with Crippen LogP contribution in [0.3, 0.4) is 0 Å². The summed E-state index contributed by atoms with van der Waals surface area (Å²) < 4.78 is 6.07. The smallest absolute Gasteiger partial charge is 0.251 e. The molecule has 0 bridgehead atoms. The summed E-state index contributed by atoms with van der Waals surface area (Å²) in [4.78, 5) is 13.9. The minimum Gasteiger partial charge on any atom is -0.466 e. The van der Waals surface area contributed by atoms with Gasteiger partial charge in [-0.25, -0.2) is 0 Å². The van der Waals surface area contributed by atoms with Gasteiger partial charge in [0.25, 0.3) is 5.91 Å². The number of amides is 1. The lowest BCUT2D eigenvalue weighted by atomic mass is 10.2. The standard InChI is InChI=1S/C17H14BrNO3S/c18-12-4-1-3-11(9-12)17(21)19-10-13-6-7-15(23-13)16(20)14-5-2-8-22-14/h1-9,16,20H,10H2,(H,19,21). The number of hydrogen-bond acceptors (Lipinski definition) is 4. The van der Waals surface area contributed by atoms with Crippen LogP contribution in [-0.4, -0.2) is 11.0 Å². The van der Waals surface area contributed by atoms with E-state index >= 15 is 0 Å². The first-order valence-electron chi connectivity index (χ1n) is 6.97. The van der Waals surface area contributed by atoms with E-state index in [9.17, 15) is 9.90 Å². The van der Waals surface area contributed by atoms with E-state index in [0.717, 1.165) is 14.2 Å². The van der Waals surface area contributed by atoms with Crippen LogP contribution in [0.25, 0.3) is 0 Å². The van der Waals surface area contributed by atoms with Gasteiger partial charge in [-0.3, -0.25) is 4.79 Å². The molecule has 1 atom stereocenters. The zero-order valence-corrected chi connectivity index (χ0v) is 14.4. The quantitative estimate of drug-likeness (QED) is 0.687. The maximum absolute atomic E-state index is 12.1. The van der Waals surface area contributed by atoms with Crippen molar-refractivity contribution < 1.29 is 14.3 Å². The van der Waals surface area contributed by atoms with Gasteiger partial charge < -0.3 is 14.8 Å². The molecule has 118 valence electrons. The van der Waals surface area contributed by atoms with Crippen LogP contribution in [0.1, 0.15) is 32.0 Å². The van der Waals surface area contributed by atoms with E-state index in [0.29, 0.717) is 17.9 Å². The van der Waals surface area contributed by atoms with Crippen molar-refractivity contribution in [2.45, 2.75) is 12.6 Å². The number of carbonyl (C=O) groups excluding carboxylic acids is 1. The maximum Gasteiger partial charge on any atom is 0.251 e. The van der Waals surface area contributed by atoms with Crippen molar-refractivity contribution in [3.05, 3.63) is 80.3 Å². The third kappa shape index (κ3) is 3.90. The number of thiophene rings is 1. The largest absolute Gasteiger partial charge is 0.466 e. The van der Waals surface area contributed by atoms with Gasteiger partial charge in [0.05, 0.1) is 12.8 Å². The van der Waals surface area contributed by atoms with Crippen molar-refractivity contribution in [3.8, 4) is 0 Å². The minimum atomic E-state index is -0.774. The predicted molar refractivity (Wildman–Crippen MR) is 92.4 cm³/mol. The van der Waals surface area contributed by atoms with Gasteiger partial charge in [0.2, 0.25) is 0 Å². The molecule has 0 spiro atoms. The summed E-state index contributed by atoms with van der Waals surface area (Å²) in [6.07, 6.45) is 0.759. The van der Waals surface area contributed by atoms with Crippen LogP contribution < -0.4 is 5.32 Å². The second kappa shape index (κ2) is 7.12. The van der Waals surface area contributed by atoms with Gasteiger partial charge in [-0.15, -0.1) is 11.3 Å². The number of hydrogen-bond donors (Lipinski definition) is 2. The molecule has 2 heterocycles. The van der Waals surface area contributed by atoms with Crippen LogP contribution in [-0.2, 0) is 6.54 Å². The molecule has 1 aromatic carbocycles. The van der Waals surface area contributed by atoms with Gasteiger partial charge in [0.1, 0.15) is 11.9 Å². The molecular formula is C17H14BrNO3S. The summed E-state index contributed by atoms with van der Waals surface area (Å²) in [7, 11) is 0. The molecule has 1 unspecified atom stereocenters. The van der Waals surface area contributed by atoms with Crippen molar-refractivity contribution >= 4 is 33.2 Å². The van der Waals surface area contributed by atoms with Gasteiger partial charge in [0.15, 0.2) is 0 Å². The van der Waals surface area contributed by atoms with Gasteiger partial charge in [0, 0.05) is 19.8 Å². The van der Waals surface area contributed by atoms with Crippen LogP contribution in [0.4, 0.5) is 0 Å². The Hall–Kier alpha value is -1.89. The number of halogens is 1. The molecule has 0 saturated heterocycles. The Labute approximate surface area is 145 Å². The topological polar surface area (TPSA) is 62.5 Å². The Morgan fingerprint density at radius 3 is 2.87 bits per heavy atom. The first kappa shape index (κ1) is 16.0. The van der Waals surface area contributed by atoms with E-state index in [1.54, 1.807) is 24.3 Å². The third-order valence-electron chi connectivity index (χ3n) is 3.27. The molecule has 0 aliphatic carbocycles. The van der Waals surface area contributed by atoms with Crippen LogP contribution in [0.2, 0.25) is 0 Å². The monoisotopic (exact) mass is 391 g/mol. The molecule has 0 aliphatic heterocycles. The fraction of sp³-hybridized carbons (Fsp3) is 0.118. The van der Waals surface area contributed by atoms with Gasteiger partial charge >= 0.3 is 0 Å². The van der Waals surface area contributed by atoms with E-state index in [1.807, 2.05) is 24.3 Å². The second-order valence-electron chi connectivity index (χ2n) is 4.92. The van der Waals surface area contributed by atoms with Crippen LogP contribution in [0, 0.1) is 0 Å². The van der Waals surface area contributed by atoms with E-state index in [2.05, 4.69) is 21.2 Å². The maximum atomic E-state index is 12.1. The Morgan fingerprint density at radius 1 is 1.26 bits per heavy atom. The molecule has 6 heteroatoms. The highest BCUT2D eigenvalue weighted by molar-refractivity contribution is 9.10. The van der Waals surface area contributed by atoms with Crippen LogP contribution >= 0.6 is 27.3 Å². The average molecular weight is 392 g/mol. The lowest BCUT2D eigenvalue weighted by Gasteiger charge is -2.05. The highest BCUT2D eigenvalue weighted by Crippen LogP contribution is 2.28. The number of carbonyl (C=O) groups is 1. The first-order valence-corrected chi connectivity index (χ1v) is 8.58. The predicted octanol–water partition coefficient (Wildman–Crippen LogP) is 4.12. The molecule has 2 N–H and O–H groups in total. The van der Waals surface area contributed by atoms with Gasteiger partial charge in [-0.05, 0) is 42.5 Å². The van der Waals surface area contributed by atoms with Crippen molar-refractivity contribution in [2.75, 3.05) is 0 Å². The number of rotatable bonds is 5. The summed E-state index contributed by atoms with van der Waals surface area (Å²) in [5.74, 6) is 0.379. The summed E-state index contributed by atoms with van der Waals surface area (Å²) in [5.41, 5.74) is 0.603. The fourth-order valence-electron chi connectivity index (χ4n) is 2.12. The first-order chi connectivity index (χ1) is 11.1. The Bertz CT molecular complexity index is 798. The summed E-state index contributed by atoms with van der Waals surface area (Å²) in [6, 6.07) is 14.5. The van der Waals surface area contributed by atoms with Crippen LogP contribution in [0.5, 0.6) is 0 Å². The molecule has 0 aliphatic rings. The summed E-state index contributed by atoms with van der Waals surface area (Å²) in [5, 5.41) is 13.1. The van der Waals surface area contributed by atoms with Crippen LogP contribution in [0.15, 0.2) is 63.7 Å². The summed E-state index contributed by atoms with van der Waals surface area (Å²) in [6.45, 7) is 0.418. The fourth-order valence-corrected chi connectivity index (χ4v) is 3.47. The van der Waals surface area contributed by atoms with Gasteiger partial charge in [-0.2, -0.15) is 0 Å². The number of benzene rings is 1. The summed E-state index contributed by atoms with van der Waals surface area (Å²) >= 11 is 4.80. The van der Waals surface area contributed by atoms with E-state index in [-0.39, 0.29) is 5.91 Å². The number of furan rings is 1. The molecule has 4 nitrogen and oxygen atoms in total. The zero-order valence-electron chi connectivity index (χ0n) is 12.0. The second-order valence-corrected chi connectivity index (χ2v) is 7.03. The average Bonchev–Trinajstić information content (AvgIpc) is 3.23. The van der Waals surface area contributed by atoms with Gasteiger partial charge in [-0.1, -0.05) is 22.0 Å². The third-order valence-corrected chi connectivity index (χ3v) is 4.91. The van der Waals surface area contributed by atoms with Crippen molar-refractivity contribution in [3.63, 3.8) is 0 Å². The molecule has 0 saturated carbocycles. The number of aliphatic hydroxyl groups excluding tert-OH is 1. The molecule has 3 rings (SSSR count). The molecular weight excluding hydrogens is 378 g/mol. The number of aliphatic hydroxyl groups is 1. The lowest BCUT2D eigenvalue weighted by molar-refractivity contribution is 0.0951. The Balaban J connectivity index is 1.62. The SMILES string of the molecule is O=C(NCc1ccc(C(O)c2ccco2)s1)c1cccc(Br)c1. The Morgan fingerprint density at radius 2 is 2.13 bits per heavy atom. The highest BCUT2D eigenvalue weighted by atomic mass is 79.9. The molecule has 23 heavy (non-hydrogen) atoms. The molecule has 0 fully saturated rings. The van der Waals surface area contributed by atoms with E-state index in [1.165, 1.54) is 17.6 Å². The highest BCUT2D eigenvalue weighted by Gasteiger charge is 2.15. The Kier molecular flexibility index (Phi) is 4.95. The molecule has 2 aromatic heterocycles. The normalized spacial score (nSPS) is 12.1. The molecule has 3 aromatic rings. The van der Waals surface area contributed by atoms with Crippen molar-refractivity contribution in [2.24, 2.45) is 0 Å². The van der Waals surface area contributed by atoms with Crippen molar-refractivity contribution in [1.29, 1.82) is 0 Å². The molecule has 0 radical (unpaired) electrons. The number of nitrogens with one attached hydrogen (secondary N) is 1. The molecule has 1 amide bonds. The van der Waals surface area contributed by atoms with E-state index < -0.39 is 6.10 Å². The zero-order chi connectivity index (χ0) is 16.2.